The van der Waals surface area contributed by atoms with Crippen molar-refractivity contribution in [3.63, 3.8) is 0 Å². The maximum atomic E-state index is 12.3. The van der Waals surface area contributed by atoms with E-state index in [2.05, 4.69) is 15.5 Å². The number of hydrogen-bond donors (Lipinski definition) is 2. The summed E-state index contributed by atoms with van der Waals surface area (Å²) in [5, 5.41) is 20.4. The van der Waals surface area contributed by atoms with Gasteiger partial charge in [0, 0.05) is 18.3 Å². The van der Waals surface area contributed by atoms with Crippen molar-refractivity contribution in [3.05, 3.63) is 64.7 Å². The molecule has 3 aromatic rings. The number of amides is 1. The summed E-state index contributed by atoms with van der Waals surface area (Å²) in [5.41, 5.74) is 1.27. The Labute approximate surface area is 147 Å². The summed E-state index contributed by atoms with van der Waals surface area (Å²) in [7, 11) is 1.51. The summed E-state index contributed by atoms with van der Waals surface area (Å²) in [5.74, 6) is -1.78. The number of aromatic carboxylic acids is 1. The molecule has 25 heavy (non-hydrogen) atoms. The molecule has 9 heteroatoms. The lowest BCUT2D eigenvalue weighted by molar-refractivity contribution is 0.0692. The van der Waals surface area contributed by atoms with Crippen molar-refractivity contribution in [2.45, 2.75) is 6.54 Å². The first-order valence-electron chi connectivity index (χ1n) is 7.27. The average molecular weight is 360 g/mol. The predicted octanol–water partition coefficient (Wildman–Crippen LogP) is 2.27. The first kappa shape index (κ1) is 16.7. The van der Waals surface area contributed by atoms with Crippen LogP contribution < -0.4 is 5.32 Å². The van der Waals surface area contributed by atoms with E-state index in [-0.39, 0.29) is 11.3 Å². The van der Waals surface area contributed by atoms with Gasteiger partial charge in [-0.05, 0) is 17.7 Å². The Morgan fingerprint density at radius 3 is 2.60 bits per heavy atom. The van der Waals surface area contributed by atoms with Crippen LogP contribution in [0.3, 0.4) is 0 Å². The summed E-state index contributed by atoms with van der Waals surface area (Å²) in [6.45, 7) is 0.513. The third-order valence-corrected chi connectivity index (χ3v) is 3.79. The number of hydrogen-bond acceptors (Lipinski definition) is 4. The number of rotatable bonds is 5. The monoisotopic (exact) mass is 359 g/mol. The first-order valence-corrected chi connectivity index (χ1v) is 7.65. The predicted molar refractivity (Wildman–Crippen MR) is 90.9 cm³/mol. The van der Waals surface area contributed by atoms with E-state index >= 15 is 0 Å². The Kier molecular flexibility index (Phi) is 4.53. The molecule has 0 bridgehead atoms. The molecule has 0 unspecified atom stereocenters. The Morgan fingerprint density at radius 1 is 1.20 bits per heavy atom. The van der Waals surface area contributed by atoms with E-state index in [4.69, 9.17) is 16.7 Å². The summed E-state index contributed by atoms with van der Waals surface area (Å²) in [6, 6.07) is 7.35. The zero-order valence-electron chi connectivity index (χ0n) is 13.2. The lowest BCUT2D eigenvalue weighted by atomic mass is 10.2. The van der Waals surface area contributed by atoms with Crippen molar-refractivity contribution in [1.29, 1.82) is 0 Å². The lowest BCUT2D eigenvalue weighted by Gasteiger charge is -2.04. The Morgan fingerprint density at radius 2 is 1.92 bits per heavy atom. The molecule has 1 amide bonds. The minimum absolute atomic E-state index is 0.0297. The zero-order chi connectivity index (χ0) is 18.0. The fraction of sp³-hybridized carbons (Fsp3) is 0.125. The zero-order valence-corrected chi connectivity index (χ0v) is 13.9. The molecule has 0 saturated carbocycles. The summed E-state index contributed by atoms with van der Waals surface area (Å²) < 4.78 is 2.87. The molecule has 128 valence electrons. The van der Waals surface area contributed by atoms with Crippen LogP contribution >= 0.6 is 11.6 Å². The van der Waals surface area contributed by atoms with Crippen molar-refractivity contribution in [3.8, 4) is 0 Å². The first-order chi connectivity index (χ1) is 11.9. The second kappa shape index (κ2) is 6.78. The minimum Gasteiger partial charge on any atom is -0.478 e. The smallest absolute Gasteiger partial charge is 0.339 e. The Bertz CT molecular complexity index is 930. The third kappa shape index (κ3) is 3.69. The number of halogens is 1. The molecular formula is C16H14ClN5O3. The molecule has 0 aliphatic heterocycles. The van der Waals surface area contributed by atoms with E-state index < -0.39 is 11.9 Å². The van der Waals surface area contributed by atoms with Gasteiger partial charge in [-0.1, -0.05) is 23.7 Å². The molecule has 1 aromatic carbocycles. The number of benzene rings is 1. The SMILES string of the molecule is Cn1ncc(C(=O)O)c1C(=O)Nc1cnn(Cc2ccc(Cl)cc2)c1. The largest absolute Gasteiger partial charge is 0.478 e. The maximum Gasteiger partial charge on any atom is 0.339 e. The number of aromatic nitrogens is 4. The standard InChI is InChI=1S/C16H14ClN5O3/c1-21-14(13(7-18-21)16(24)25)15(23)20-12-6-19-22(9-12)8-10-2-4-11(17)5-3-10/h2-7,9H,8H2,1H3,(H,20,23)(H,24,25). The van der Waals surface area contributed by atoms with Gasteiger partial charge in [0.2, 0.25) is 0 Å². The van der Waals surface area contributed by atoms with Crippen LogP contribution in [-0.2, 0) is 13.6 Å². The molecule has 2 heterocycles. The van der Waals surface area contributed by atoms with Crippen molar-refractivity contribution >= 4 is 29.2 Å². The topological polar surface area (TPSA) is 102 Å². The number of aryl methyl sites for hydroxylation is 1. The molecule has 0 spiro atoms. The molecular weight excluding hydrogens is 346 g/mol. The molecule has 2 aromatic heterocycles. The van der Waals surface area contributed by atoms with Crippen LogP contribution in [0.25, 0.3) is 0 Å². The van der Waals surface area contributed by atoms with Gasteiger partial charge in [0.25, 0.3) is 5.91 Å². The number of anilines is 1. The third-order valence-electron chi connectivity index (χ3n) is 3.53. The van der Waals surface area contributed by atoms with Gasteiger partial charge in [-0.25, -0.2) is 4.79 Å². The van der Waals surface area contributed by atoms with Crippen molar-refractivity contribution < 1.29 is 14.7 Å². The number of nitrogens with zero attached hydrogens (tertiary/aromatic N) is 4. The van der Waals surface area contributed by atoms with Gasteiger partial charge in [-0.15, -0.1) is 0 Å². The van der Waals surface area contributed by atoms with Crippen LogP contribution in [-0.4, -0.2) is 36.5 Å². The Balaban J connectivity index is 1.73. The van der Waals surface area contributed by atoms with E-state index in [0.29, 0.717) is 17.3 Å². The lowest BCUT2D eigenvalue weighted by Crippen LogP contribution is -2.19. The molecule has 0 aliphatic rings. The van der Waals surface area contributed by atoms with E-state index in [0.717, 1.165) is 11.8 Å². The van der Waals surface area contributed by atoms with Crippen LogP contribution in [0.5, 0.6) is 0 Å². The van der Waals surface area contributed by atoms with Crippen LogP contribution in [0.4, 0.5) is 5.69 Å². The average Bonchev–Trinajstić information content (AvgIpc) is 3.16. The second-order valence-corrected chi connectivity index (χ2v) is 5.78. The fourth-order valence-corrected chi connectivity index (χ4v) is 2.47. The number of carbonyl (C=O) groups excluding carboxylic acids is 1. The molecule has 3 rings (SSSR count). The van der Waals surface area contributed by atoms with Gasteiger partial charge >= 0.3 is 5.97 Å². The fourth-order valence-electron chi connectivity index (χ4n) is 2.35. The number of carbonyl (C=O) groups is 2. The van der Waals surface area contributed by atoms with Crippen molar-refractivity contribution in [1.82, 2.24) is 19.6 Å². The van der Waals surface area contributed by atoms with Gasteiger partial charge in [0.05, 0.1) is 24.6 Å². The second-order valence-electron chi connectivity index (χ2n) is 5.34. The molecule has 0 aliphatic carbocycles. The van der Waals surface area contributed by atoms with Crippen LogP contribution in [0.2, 0.25) is 5.02 Å². The molecule has 0 saturated heterocycles. The number of carboxylic acid groups (broad SMARTS) is 1. The highest BCUT2D eigenvalue weighted by Crippen LogP contribution is 2.14. The molecule has 0 fully saturated rings. The molecule has 2 N–H and O–H groups in total. The molecule has 0 atom stereocenters. The van der Waals surface area contributed by atoms with Crippen LogP contribution in [0.1, 0.15) is 26.4 Å². The quantitative estimate of drug-likeness (QED) is 0.727. The molecule has 8 nitrogen and oxygen atoms in total. The summed E-state index contributed by atoms with van der Waals surface area (Å²) in [6.07, 6.45) is 4.29. The maximum absolute atomic E-state index is 12.3. The highest BCUT2D eigenvalue weighted by Gasteiger charge is 2.22. The van der Waals surface area contributed by atoms with E-state index in [1.165, 1.54) is 17.9 Å². The van der Waals surface area contributed by atoms with Crippen LogP contribution in [0.15, 0.2) is 42.9 Å². The summed E-state index contributed by atoms with van der Waals surface area (Å²) in [4.78, 5) is 23.5. The highest BCUT2D eigenvalue weighted by molar-refractivity contribution is 6.30. The van der Waals surface area contributed by atoms with E-state index in [1.807, 2.05) is 12.1 Å². The van der Waals surface area contributed by atoms with Gasteiger partial charge in [0.1, 0.15) is 11.3 Å². The summed E-state index contributed by atoms with van der Waals surface area (Å²) >= 11 is 5.85. The van der Waals surface area contributed by atoms with Gasteiger partial charge in [-0.3, -0.25) is 14.2 Å². The number of carboxylic acids is 1. The minimum atomic E-state index is -1.21. The van der Waals surface area contributed by atoms with Crippen molar-refractivity contribution in [2.24, 2.45) is 7.05 Å². The Hall–Kier alpha value is -3.13. The van der Waals surface area contributed by atoms with Crippen molar-refractivity contribution in [2.75, 3.05) is 5.32 Å². The van der Waals surface area contributed by atoms with E-state index in [1.54, 1.807) is 23.0 Å². The van der Waals surface area contributed by atoms with E-state index in [9.17, 15) is 9.59 Å². The van der Waals surface area contributed by atoms with Crippen LogP contribution in [0, 0.1) is 0 Å². The molecule has 0 radical (unpaired) electrons. The highest BCUT2D eigenvalue weighted by atomic mass is 35.5. The van der Waals surface area contributed by atoms with Gasteiger partial charge in [0.15, 0.2) is 0 Å². The van der Waals surface area contributed by atoms with Gasteiger partial charge in [-0.2, -0.15) is 10.2 Å². The normalized spacial score (nSPS) is 10.6. The number of nitrogens with one attached hydrogen (secondary N) is 1. The van der Waals surface area contributed by atoms with Gasteiger partial charge < -0.3 is 10.4 Å².